The summed E-state index contributed by atoms with van der Waals surface area (Å²) in [7, 11) is 0. The first-order chi connectivity index (χ1) is 9.13. The molecule has 0 spiro atoms. The number of benzene rings is 1. The van der Waals surface area contributed by atoms with Gasteiger partial charge in [-0.2, -0.15) is 0 Å². The predicted octanol–water partition coefficient (Wildman–Crippen LogP) is 1.86. The zero-order chi connectivity index (χ0) is 13.8. The van der Waals surface area contributed by atoms with Gasteiger partial charge in [0.2, 0.25) is 11.7 Å². The van der Waals surface area contributed by atoms with Crippen molar-refractivity contribution >= 4 is 17.4 Å². The van der Waals surface area contributed by atoms with Crippen LogP contribution >= 0.6 is 0 Å². The first-order valence-electron chi connectivity index (χ1n) is 6.07. The summed E-state index contributed by atoms with van der Waals surface area (Å²) >= 11 is 0. The van der Waals surface area contributed by atoms with E-state index in [1.165, 1.54) is 0 Å². The highest BCUT2D eigenvalue weighted by Crippen LogP contribution is 2.24. The summed E-state index contributed by atoms with van der Waals surface area (Å²) < 4.78 is 10.3. The predicted molar refractivity (Wildman–Crippen MR) is 69.3 cm³/mol. The number of hydrogen-bond acceptors (Lipinski definition) is 5. The Morgan fingerprint density at radius 2 is 2.05 bits per heavy atom. The van der Waals surface area contributed by atoms with E-state index < -0.39 is 12.1 Å². The number of nitrogens with one attached hydrogen (secondary N) is 1. The van der Waals surface area contributed by atoms with Crippen LogP contribution < -0.4 is 5.32 Å². The van der Waals surface area contributed by atoms with Gasteiger partial charge in [0.15, 0.2) is 11.7 Å². The third-order valence-corrected chi connectivity index (χ3v) is 2.65. The fourth-order valence-corrected chi connectivity index (χ4v) is 1.75. The molecule has 1 aromatic rings. The molecular weight excluding hydrogens is 246 g/mol. The van der Waals surface area contributed by atoms with Crippen LogP contribution in [0.4, 0.5) is 5.69 Å². The van der Waals surface area contributed by atoms with Gasteiger partial charge < -0.3 is 14.8 Å². The molecule has 0 aromatic heterocycles. The van der Waals surface area contributed by atoms with Gasteiger partial charge in [0.05, 0.1) is 6.61 Å². The van der Waals surface area contributed by atoms with Crippen LogP contribution in [0.5, 0.6) is 0 Å². The van der Waals surface area contributed by atoms with E-state index >= 15 is 0 Å². The van der Waals surface area contributed by atoms with E-state index in [9.17, 15) is 9.59 Å². The second-order valence-electron chi connectivity index (χ2n) is 4.04. The molecule has 0 amide bonds. The fraction of sp³-hybridized carbons (Fsp3) is 0.286. The summed E-state index contributed by atoms with van der Waals surface area (Å²) in [6.45, 7) is 3.50. The summed E-state index contributed by atoms with van der Waals surface area (Å²) in [5.74, 6) is -0.866. The minimum absolute atomic E-state index is 0.0572. The smallest absolute Gasteiger partial charge is 0.347 e. The minimum atomic E-state index is -0.675. The zero-order valence-corrected chi connectivity index (χ0v) is 10.8. The van der Waals surface area contributed by atoms with Crippen molar-refractivity contribution in [3.05, 3.63) is 41.8 Å². The average molecular weight is 261 g/mol. The van der Waals surface area contributed by atoms with E-state index in [1.54, 1.807) is 13.8 Å². The van der Waals surface area contributed by atoms with Crippen LogP contribution in [0.25, 0.3) is 0 Å². The van der Waals surface area contributed by atoms with Crippen LogP contribution in [-0.2, 0) is 19.1 Å². The summed E-state index contributed by atoms with van der Waals surface area (Å²) in [6.07, 6.45) is -0.675. The molecule has 1 aromatic carbocycles. The Labute approximate surface area is 111 Å². The average Bonchev–Trinajstić information content (AvgIpc) is 2.66. The third kappa shape index (κ3) is 2.76. The lowest BCUT2D eigenvalue weighted by atomic mass is 10.1. The molecule has 0 radical (unpaired) electrons. The Bertz CT molecular complexity index is 522. The lowest BCUT2D eigenvalue weighted by molar-refractivity contribution is -0.140. The molecule has 1 aliphatic rings. The second kappa shape index (κ2) is 5.56. The van der Waals surface area contributed by atoms with Crippen LogP contribution in [0.2, 0.25) is 0 Å². The van der Waals surface area contributed by atoms with Gasteiger partial charge in [-0.05, 0) is 26.0 Å². The molecule has 0 fully saturated rings. The highest BCUT2D eigenvalue weighted by Gasteiger charge is 2.37. The topological polar surface area (TPSA) is 64.6 Å². The molecule has 0 aliphatic carbocycles. The summed E-state index contributed by atoms with van der Waals surface area (Å²) in [4.78, 5) is 23.7. The van der Waals surface area contributed by atoms with Crippen molar-refractivity contribution in [3.63, 3.8) is 0 Å². The van der Waals surface area contributed by atoms with Crippen molar-refractivity contribution in [2.45, 2.75) is 20.0 Å². The first-order valence-corrected chi connectivity index (χ1v) is 6.07. The molecule has 0 bridgehead atoms. The van der Waals surface area contributed by atoms with Crippen molar-refractivity contribution in [1.29, 1.82) is 0 Å². The molecule has 5 nitrogen and oxygen atoms in total. The Hall–Kier alpha value is -2.30. The van der Waals surface area contributed by atoms with Crippen LogP contribution in [0.15, 0.2) is 41.8 Å². The molecule has 2 rings (SSSR count). The van der Waals surface area contributed by atoms with E-state index in [2.05, 4.69) is 5.32 Å². The number of anilines is 1. The van der Waals surface area contributed by atoms with Crippen LogP contribution in [-0.4, -0.2) is 24.5 Å². The molecule has 0 saturated carbocycles. The number of hydrogen-bond donors (Lipinski definition) is 1. The maximum absolute atomic E-state index is 11.9. The van der Waals surface area contributed by atoms with Crippen molar-refractivity contribution in [3.8, 4) is 0 Å². The van der Waals surface area contributed by atoms with Crippen LogP contribution in [0.1, 0.15) is 13.8 Å². The van der Waals surface area contributed by atoms with Gasteiger partial charge in [-0.3, -0.25) is 4.79 Å². The first kappa shape index (κ1) is 13.1. The second-order valence-corrected chi connectivity index (χ2v) is 4.04. The third-order valence-electron chi connectivity index (χ3n) is 2.65. The van der Waals surface area contributed by atoms with Gasteiger partial charge in [0.1, 0.15) is 0 Å². The molecule has 100 valence electrons. The molecule has 1 N–H and O–H groups in total. The standard InChI is InChI=1S/C14H15NO4/c1-3-18-14(17)11-12(16)9(2)19-13(11)15-10-7-5-4-6-8-10/h4-9,15H,3H2,1-2H3. The van der Waals surface area contributed by atoms with Gasteiger partial charge in [0, 0.05) is 5.69 Å². The molecule has 1 unspecified atom stereocenters. The number of para-hydroxylation sites is 1. The fourth-order valence-electron chi connectivity index (χ4n) is 1.75. The number of Topliss-reactive ketones (excluding diaryl/α,β-unsaturated/α-hetero) is 1. The molecule has 19 heavy (non-hydrogen) atoms. The zero-order valence-electron chi connectivity index (χ0n) is 10.8. The van der Waals surface area contributed by atoms with Gasteiger partial charge in [0.25, 0.3) is 0 Å². The van der Waals surface area contributed by atoms with Crippen molar-refractivity contribution < 1.29 is 19.1 Å². The van der Waals surface area contributed by atoms with Crippen molar-refractivity contribution in [1.82, 2.24) is 0 Å². The molecular formula is C14H15NO4. The van der Waals surface area contributed by atoms with E-state index in [0.29, 0.717) is 0 Å². The highest BCUT2D eigenvalue weighted by molar-refractivity contribution is 6.20. The van der Waals surface area contributed by atoms with Gasteiger partial charge >= 0.3 is 5.97 Å². The van der Waals surface area contributed by atoms with E-state index in [1.807, 2.05) is 30.3 Å². The SMILES string of the molecule is CCOC(=O)C1=C(Nc2ccccc2)OC(C)C1=O. The largest absolute Gasteiger partial charge is 0.467 e. The highest BCUT2D eigenvalue weighted by atomic mass is 16.5. The lowest BCUT2D eigenvalue weighted by Gasteiger charge is -2.09. The van der Waals surface area contributed by atoms with Crippen LogP contribution in [0.3, 0.4) is 0 Å². The van der Waals surface area contributed by atoms with E-state index in [4.69, 9.17) is 9.47 Å². The number of esters is 1. The van der Waals surface area contributed by atoms with E-state index in [0.717, 1.165) is 5.69 Å². The molecule has 1 heterocycles. The monoisotopic (exact) mass is 261 g/mol. The molecule has 1 aliphatic heterocycles. The van der Waals surface area contributed by atoms with Crippen molar-refractivity contribution in [2.75, 3.05) is 11.9 Å². The quantitative estimate of drug-likeness (QED) is 0.662. The normalized spacial score (nSPS) is 18.2. The van der Waals surface area contributed by atoms with Gasteiger partial charge in [-0.25, -0.2) is 4.79 Å². The van der Waals surface area contributed by atoms with Crippen molar-refractivity contribution in [2.24, 2.45) is 0 Å². The number of ether oxygens (including phenoxy) is 2. The maximum Gasteiger partial charge on any atom is 0.347 e. The van der Waals surface area contributed by atoms with Gasteiger partial charge in [-0.15, -0.1) is 0 Å². The maximum atomic E-state index is 11.9. The van der Waals surface area contributed by atoms with E-state index in [-0.39, 0.29) is 23.8 Å². The number of ketones is 1. The van der Waals surface area contributed by atoms with Crippen LogP contribution in [0, 0.1) is 0 Å². The number of rotatable bonds is 4. The summed E-state index contributed by atoms with van der Waals surface area (Å²) in [5.41, 5.74) is 0.680. The number of carbonyl (C=O) groups is 2. The minimum Gasteiger partial charge on any atom is -0.467 e. The Morgan fingerprint density at radius 3 is 2.68 bits per heavy atom. The Balaban J connectivity index is 2.28. The lowest BCUT2D eigenvalue weighted by Crippen LogP contribution is -2.19. The number of carbonyl (C=O) groups excluding carboxylic acids is 2. The molecule has 5 heteroatoms. The Kier molecular flexibility index (Phi) is 3.85. The molecule has 1 atom stereocenters. The molecule has 0 saturated heterocycles. The van der Waals surface area contributed by atoms with Gasteiger partial charge in [-0.1, -0.05) is 18.2 Å². The summed E-state index contributed by atoms with van der Waals surface area (Å²) in [6, 6.07) is 9.18. The summed E-state index contributed by atoms with van der Waals surface area (Å²) in [5, 5.41) is 2.93. The Morgan fingerprint density at radius 1 is 1.37 bits per heavy atom.